The second-order valence-electron chi connectivity index (χ2n) is 18.6. The van der Waals surface area contributed by atoms with E-state index in [4.69, 9.17) is 0 Å². The molecule has 0 radical (unpaired) electrons. The average molecular weight is 765 g/mol. The Morgan fingerprint density at radius 3 is 0.778 bits per heavy atom. The summed E-state index contributed by atoms with van der Waals surface area (Å²) in [5.74, 6) is 0.462. The van der Waals surface area contributed by atoms with Gasteiger partial charge in [0.2, 0.25) is 11.8 Å². The Labute approximate surface area is 339 Å². The molecule has 2 N–H and O–H groups in total. The van der Waals surface area contributed by atoms with E-state index >= 15 is 0 Å². The minimum atomic E-state index is 0.231. The first-order chi connectivity index (χ1) is 26.1. The first-order valence-electron chi connectivity index (χ1n) is 24.3. The summed E-state index contributed by atoms with van der Waals surface area (Å²) < 4.78 is 1.96. The highest BCUT2D eigenvalue weighted by atomic mass is 16.2. The van der Waals surface area contributed by atoms with E-state index in [2.05, 4.69) is 52.7 Å². The van der Waals surface area contributed by atoms with Crippen LogP contribution in [0.1, 0.15) is 232 Å². The monoisotopic (exact) mass is 765 g/mol. The summed E-state index contributed by atoms with van der Waals surface area (Å²) >= 11 is 0. The van der Waals surface area contributed by atoms with Gasteiger partial charge in [0.05, 0.1) is 41.3 Å². The number of nitrogens with one attached hydrogen (secondary N) is 2. The molecule has 0 aromatic heterocycles. The third-order valence-electron chi connectivity index (χ3n) is 11.9. The third kappa shape index (κ3) is 40.5. The molecule has 0 rings (SSSR count). The van der Waals surface area contributed by atoms with Crippen LogP contribution in [0.25, 0.3) is 0 Å². The Bertz CT molecular complexity index is 749. The molecule has 0 aromatic rings. The number of rotatable bonds is 43. The number of amides is 2. The number of carbonyl (C=O) groups is 2. The summed E-state index contributed by atoms with van der Waals surface area (Å²) in [6, 6.07) is 0. The third-order valence-corrected chi connectivity index (χ3v) is 11.9. The average Bonchev–Trinajstić information content (AvgIpc) is 3.14. The van der Waals surface area contributed by atoms with Crippen molar-refractivity contribution in [2.75, 3.05) is 67.5 Å². The fourth-order valence-corrected chi connectivity index (χ4v) is 7.73. The molecule has 6 nitrogen and oxygen atoms in total. The molecule has 0 spiro atoms. The number of hydrogen-bond donors (Lipinski definition) is 2. The molecule has 6 heteroatoms. The van der Waals surface area contributed by atoms with Gasteiger partial charge in [-0.15, -0.1) is 0 Å². The maximum absolute atomic E-state index is 12.3. The molecule has 0 aliphatic rings. The molecule has 2 amide bonds. The van der Waals surface area contributed by atoms with Gasteiger partial charge in [-0.25, -0.2) is 0 Å². The zero-order valence-corrected chi connectivity index (χ0v) is 38.0. The number of carbonyl (C=O) groups excluding carboxylic acids is 2. The maximum atomic E-state index is 12.3. The number of likely N-dealkylation sites (N-methyl/N-ethyl adjacent to an activating group) is 2. The summed E-state index contributed by atoms with van der Waals surface area (Å²) in [5, 5.41) is 6.34. The number of hydrogen-bond acceptors (Lipinski definition) is 2. The van der Waals surface area contributed by atoms with E-state index in [1.54, 1.807) is 0 Å². The van der Waals surface area contributed by atoms with Gasteiger partial charge in [-0.3, -0.25) is 9.59 Å². The van der Waals surface area contributed by atoms with Crippen LogP contribution < -0.4 is 10.6 Å². The minimum Gasteiger partial charge on any atom is -0.356 e. The summed E-state index contributed by atoms with van der Waals surface area (Å²) in [6.07, 6.45) is 44.1. The van der Waals surface area contributed by atoms with Crippen LogP contribution >= 0.6 is 0 Å². The molecule has 54 heavy (non-hydrogen) atoms. The zero-order valence-electron chi connectivity index (χ0n) is 38.0. The summed E-state index contributed by atoms with van der Waals surface area (Å²) in [6.45, 7) is 10.5. The van der Waals surface area contributed by atoms with Crippen molar-refractivity contribution in [1.29, 1.82) is 0 Å². The number of nitrogens with zero attached hydrogens (tertiary/aromatic N) is 2. The Balaban J connectivity index is 3.64. The molecular formula is C48H100N4O2+2. The molecule has 0 saturated heterocycles. The lowest BCUT2D eigenvalue weighted by Gasteiger charge is -2.35. The maximum Gasteiger partial charge on any atom is 0.219 e. The standard InChI is InChI=1S/C48H98N4O2/c1-7-9-11-13-15-17-19-21-23-25-27-29-31-33-35-39-47(53)49-41-37-43-51(3,4)45-46-52(5,6)44-38-42-50-48(54)40-36-34-32-30-28-26-24-22-20-18-16-14-12-10-8-2/h7-46H2,1-6H3/p+2. The van der Waals surface area contributed by atoms with Crippen molar-refractivity contribution in [3.63, 3.8) is 0 Å². The predicted molar refractivity (Wildman–Crippen MR) is 238 cm³/mol. The summed E-state index contributed by atoms with van der Waals surface area (Å²) in [5.41, 5.74) is 0. The predicted octanol–water partition coefficient (Wildman–Crippen LogP) is 12.7. The highest BCUT2D eigenvalue weighted by Crippen LogP contribution is 2.15. The van der Waals surface area contributed by atoms with Crippen molar-refractivity contribution in [3.05, 3.63) is 0 Å². The van der Waals surface area contributed by atoms with Crippen LogP contribution in [0.4, 0.5) is 0 Å². The van der Waals surface area contributed by atoms with Crippen molar-refractivity contribution >= 4 is 11.8 Å². The normalized spacial score (nSPS) is 12.0. The highest BCUT2D eigenvalue weighted by molar-refractivity contribution is 5.76. The van der Waals surface area contributed by atoms with Crippen molar-refractivity contribution in [2.45, 2.75) is 232 Å². The van der Waals surface area contributed by atoms with E-state index in [9.17, 15) is 9.59 Å². The Kier molecular flexibility index (Phi) is 37.9. The highest BCUT2D eigenvalue weighted by Gasteiger charge is 2.22. The van der Waals surface area contributed by atoms with Crippen molar-refractivity contribution in [1.82, 2.24) is 10.6 Å². The smallest absolute Gasteiger partial charge is 0.219 e. The topological polar surface area (TPSA) is 58.2 Å². The fourth-order valence-electron chi connectivity index (χ4n) is 7.73. The van der Waals surface area contributed by atoms with Gasteiger partial charge in [0, 0.05) is 38.8 Å². The van der Waals surface area contributed by atoms with Crippen LogP contribution in [-0.2, 0) is 9.59 Å². The number of unbranched alkanes of at least 4 members (excludes halogenated alkanes) is 28. The second-order valence-corrected chi connectivity index (χ2v) is 18.6. The van der Waals surface area contributed by atoms with Crippen LogP contribution in [-0.4, -0.2) is 88.2 Å². The summed E-state index contributed by atoms with van der Waals surface area (Å²) in [4.78, 5) is 24.7. The SMILES string of the molecule is CCCCCCCCCCCCCCCCCC(=O)NCCC[N+](C)(C)CC[N+](C)(C)CCCNC(=O)CCCCCCCCCCCCCCCCC. The molecule has 0 bridgehead atoms. The molecule has 0 aromatic carbocycles. The van der Waals surface area contributed by atoms with Gasteiger partial charge < -0.3 is 19.6 Å². The van der Waals surface area contributed by atoms with E-state index in [0.717, 1.165) is 73.9 Å². The number of quaternary nitrogens is 2. The Morgan fingerprint density at radius 1 is 0.315 bits per heavy atom. The molecule has 0 unspecified atom stereocenters. The van der Waals surface area contributed by atoms with Crippen LogP contribution in [0.3, 0.4) is 0 Å². The zero-order chi connectivity index (χ0) is 39.9. The van der Waals surface area contributed by atoms with Gasteiger partial charge in [0.1, 0.15) is 13.1 Å². The van der Waals surface area contributed by atoms with Crippen LogP contribution in [0, 0.1) is 0 Å². The van der Waals surface area contributed by atoms with Crippen molar-refractivity contribution in [2.24, 2.45) is 0 Å². The molecular weight excluding hydrogens is 665 g/mol. The molecule has 0 saturated carbocycles. The Hall–Kier alpha value is -1.14. The molecule has 0 fully saturated rings. The lowest BCUT2D eigenvalue weighted by molar-refractivity contribution is -0.945. The largest absolute Gasteiger partial charge is 0.356 e. The molecule has 0 heterocycles. The second kappa shape index (κ2) is 38.7. The van der Waals surface area contributed by atoms with Gasteiger partial charge in [-0.05, 0) is 12.8 Å². The van der Waals surface area contributed by atoms with E-state index in [1.165, 1.54) is 180 Å². The molecule has 0 aliphatic heterocycles. The van der Waals surface area contributed by atoms with Gasteiger partial charge in [0.15, 0.2) is 0 Å². The molecule has 0 atom stereocenters. The van der Waals surface area contributed by atoms with E-state index < -0.39 is 0 Å². The van der Waals surface area contributed by atoms with Gasteiger partial charge in [0.25, 0.3) is 0 Å². The van der Waals surface area contributed by atoms with Crippen molar-refractivity contribution in [3.8, 4) is 0 Å². The minimum absolute atomic E-state index is 0.231. The lowest BCUT2D eigenvalue weighted by atomic mass is 10.0. The van der Waals surface area contributed by atoms with Crippen LogP contribution in [0.5, 0.6) is 0 Å². The molecule has 0 aliphatic carbocycles. The van der Waals surface area contributed by atoms with Crippen LogP contribution in [0.2, 0.25) is 0 Å². The molecule has 322 valence electrons. The van der Waals surface area contributed by atoms with Gasteiger partial charge in [-0.2, -0.15) is 0 Å². The first-order valence-corrected chi connectivity index (χ1v) is 24.3. The van der Waals surface area contributed by atoms with E-state index in [0.29, 0.717) is 12.8 Å². The van der Waals surface area contributed by atoms with E-state index in [1.807, 2.05) is 0 Å². The lowest BCUT2D eigenvalue weighted by Crippen LogP contribution is -2.52. The summed E-state index contributed by atoms with van der Waals surface area (Å²) in [7, 11) is 9.26. The van der Waals surface area contributed by atoms with E-state index in [-0.39, 0.29) is 11.8 Å². The fraction of sp³-hybridized carbons (Fsp3) is 0.958. The quantitative estimate of drug-likeness (QED) is 0.0480. The van der Waals surface area contributed by atoms with Crippen LogP contribution in [0.15, 0.2) is 0 Å². The van der Waals surface area contributed by atoms with Gasteiger partial charge in [-0.1, -0.05) is 194 Å². The van der Waals surface area contributed by atoms with Gasteiger partial charge >= 0.3 is 0 Å². The Morgan fingerprint density at radius 2 is 0.537 bits per heavy atom. The van der Waals surface area contributed by atoms with Crippen molar-refractivity contribution < 1.29 is 18.6 Å². The first kappa shape index (κ1) is 52.9.